The highest BCUT2D eigenvalue weighted by atomic mass is 16.5. The van der Waals surface area contributed by atoms with E-state index in [2.05, 4.69) is 15.2 Å². The molecule has 2 atom stereocenters. The number of ether oxygens (including phenoxy) is 2. The van der Waals surface area contributed by atoms with Gasteiger partial charge in [0.15, 0.2) is 5.82 Å². The Kier molecular flexibility index (Phi) is 3.98. The number of rotatable bonds is 3. The highest BCUT2D eigenvalue weighted by Crippen LogP contribution is 2.21. The Morgan fingerprint density at radius 1 is 1.45 bits per heavy atom. The van der Waals surface area contributed by atoms with Gasteiger partial charge in [-0.2, -0.15) is 5.10 Å². The van der Waals surface area contributed by atoms with Crippen LogP contribution in [0.3, 0.4) is 0 Å². The topological polar surface area (TPSA) is 80.3 Å². The number of hydrogen-bond acceptors (Lipinski definition) is 5. The largest absolute Gasteiger partial charge is 0.378 e. The molecule has 0 unspecified atom stereocenters. The molecule has 0 spiro atoms. The summed E-state index contributed by atoms with van der Waals surface area (Å²) in [6.45, 7) is 4.30. The first-order valence-electron chi connectivity index (χ1n) is 7.12. The molecule has 7 heteroatoms. The molecule has 0 radical (unpaired) electrons. The number of carbonyl (C=O) groups is 1. The second-order valence-electron chi connectivity index (χ2n) is 5.32. The third kappa shape index (κ3) is 2.99. The van der Waals surface area contributed by atoms with Gasteiger partial charge in [0.05, 0.1) is 25.7 Å². The van der Waals surface area contributed by atoms with Gasteiger partial charge >= 0.3 is 0 Å². The number of aromatic nitrogens is 3. The monoisotopic (exact) mass is 280 g/mol. The van der Waals surface area contributed by atoms with Crippen LogP contribution < -0.4 is 0 Å². The minimum atomic E-state index is -0.234. The summed E-state index contributed by atoms with van der Waals surface area (Å²) in [5.74, 6) is 1.51. The summed E-state index contributed by atoms with van der Waals surface area (Å²) in [5.41, 5.74) is 0. The summed E-state index contributed by atoms with van der Waals surface area (Å²) in [4.78, 5) is 18.4. The Labute approximate surface area is 117 Å². The highest BCUT2D eigenvalue weighted by molar-refractivity contribution is 5.76. The molecule has 20 heavy (non-hydrogen) atoms. The van der Waals surface area contributed by atoms with Gasteiger partial charge in [-0.3, -0.25) is 9.89 Å². The van der Waals surface area contributed by atoms with E-state index in [9.17, 15) is 4.79 Å². The van der Waals surface area contributed by atoms with E-state index in [1.807, 2.05) is 11.8 Å². The summed E-state index contributed by atoms with van der Waals surface area (Å²) in [6, 6.07) is 0. The van der Waals surface area contributed by atoms with Crippen molar-refractivity contribution in [3.05, 3.63) is 11.6 Å². The molecule has 110 valence electrons. The zero-order valence-electron chi connectivity index (χ0n) is 11.7. The van der Waals surface area contributed by atoms with Gasteiger partial charge in [-0.25, -0.2) is 4.98 Å². The molecule has 1 N–H and O–H groups in total. The first-order chi connectivity index (χ1) is 9.72. The third-order valence-electron chi connectivity index (χ3n) is 3.75. The fraction of sp³-hybridized carbons (Fsp3) is 0.769. The van der Waals surface area contributed by atoms with E-state index in [0.717, 1.165) is 25.3 Å². The number of hydrogen-bond donors (Lipinski definition) is 1. The van der Waals surface area contributed by atoms with E-state index < -0.39 is 0 Å². The minimum Gasteiger partial charge on any atom is -0.378 e. The lowest BCUT2D eigenvalue weighted by Gasteiger charge is -2.32. The molecule has 1 amide bonds. The third-order valence-corrected chi connectivity index (χ3v) is 3.75. The van der Waals surface area contributed by atoms with Crippen molar-refractivity contribution in [2.75, 3.05) is 26.3 Å². The fourth-order valence-electron chi connectivity index (χ4n) is 2.67. The fourth-order valence-corrected chi connectivity index (χ4v) is 2.67. The number of morpholine rings is 1. The first-order valence-corrected chi connectivity index (χ1v) is 7.12. The molecule has 0 aromatic carbocycles. The molecule has 0 saturated carbocycles. The van der Waals surface area contributed by atoms with Gasteiger partial charge in [0.25, 0.3) is 0 Å². The van der Waals surface area contributed by atoms with Gasteiger partial charge in [0.1, 0.15) is 11.9 Å². The van der Waals surface area contributed by atoms with Gasteiger partial charge < -0.3 is 14.4 Å². The molecule has 3 heterocycles. The molecule has 0 aliphatic carbocycles. The summed E-state index contributed by atoms with van der Waals surface area (Å²) in [5, 5.41) is 6.92. The van der Waals surface area contributed by atoms with Crippen LogP contribution >= 0.6 is 0 Å². The predicted octanol–water partition coefficient (Wildman–Crippen LogP) is 0.582. The lowest BCUT2D eigenvalue weighted by atomic mass is 10.1. The molecule has 2 aliphatic heterocycles. The lowest BCUT2D eigenvalue weighted by Crippen LogP contribution is -2.43. The van der Waals surface area contributed by atoms with E-state index in [-0.39, 0.29) is 18.1 Å². The van der Waals surface area contributed by atoms with Crippen LogP contribution in [0.5, 0.6) is 0 Å². The Hall–Kier alpha value is -1.47. The number of aryl methyl sites for hydroxylation is 1. The van der Waals surface area contributed by atoms with E-state index in [1.54, 1.807) is 0 Å². The number of aromatic amines is 1. The normalized spacial score (nSPS) is 26.9. The van der Waals surface area contributed by atoms with Gasteiger partial charge in [-0.05, 0) is 19.8 Å². The molecular formula is C13H20N4O3. The van der Waals surface area contributed by atoms with Crippen molar-refractivity contribution in [2.45, 2.75) is 38.4 Å². The average Bonchev–Trinajstić information content (AvgIpc) is 3.10. The van der Waals surface area contributed by atoms with Crippen molar-refractivity contribution < 1.29 is 14.3 Å². The molecule has 2 saturated heterocycles. The summed E-state index contributed by atoms with van der Waals surface area (Å²) < 4.78 is 11.2. The zero-order valence-corrected chi connectivity index (χ0v) is 11.7. The molecule has 1 aromatic rings. The maximum Gasteiger partial charge on any atom is 0.225 e. The molecule has 2 aliphatic rings. The van der Waals surface area contributed by atoms with Gasteiger partial charge in [-0.1, -0.05) is 0 Å². The van der Waals surface area contributed by atoms with Crippen LogP contribution in [-0.2, 0) is 14.3 Å². The van der Waals surface area contributed by atoms with Crippen LogP contribution in [0.25, 0.3) is 0 Å². The highest BCUT2D eigenvalue weighted by Gasteiger charge is 2.29. The average molecular weight is 280 g/mol. The van der Waals surface area contributed by atoms with E-state index >= 15 is 0 Å². The van der Waals surface area contributed by atoms with Crippen molar-refractivity contribution in [1.29, 1.82) is 0 Å². The SMILES string of the molecule is Cc1nc([C@@H]2CN(C(=O)C[C@H]3CCCO3)CCO2)n[nH]1. The van der Waals surface area contributed by atoms with Crippen molar-refractivity contribution in [3.8, 4) is 0 Å². The number of nitrogens with one attached hydrogen (secondary N) is 1. The van der Waals surface area contributed by atoms with Crippen molar-refractivity contribution in [3.63, 3.8) is 0 Å². The number of H-pyrrole nitrogens is 1. The van der Waals surface area contributed by atoms with E-state index in [1.165, 1.54) is 0 Å². The number of nitrogens with zero attached hydrogens (tertiary/aromatic N) is 3. The van der Waals surface area contributed by atoms with Gasteiger partial charge in [0.2, 0.25) is 5.91 Å². The summed E-state index contributed by atoms with van der Waals surface area (Å²) in [6.07, 6.45) is 2.37. The van der Waals surface area contributed by atoms with Crippen molar-refractivity contribution in [2.24, 2.45) is 0 Å². The molecule has 1 aromatic heterocycles. The maximum atomic E-state index is 12.3. The predicted molar refractivity (Wildman–Crippen MR) is 70.0 cm³/mol. The quantitative estimate of drug-likeness (QED) is 0.876. The molecule has 3 rings (SSSR count). The van der Waals surface area contributed by atoms with Crippen molar-refractivity contribution in [1.82, 2.24) is 20.1 Å². The number of carbonyl (C=O) groups excluding carboxylic acids is 1. The molecule has 7 nitrogen and oxygen atoms in total. The lowest BCUT2D eigenvalue weighted by molar-refractivity contribution is -0.141. The Morgan fingerprint density at radius 2 is 2.35 bits per heavy atom. The van der Waals surface area contributed by atoms with Crippen LogP contribution in [0.15, 0.2) is 0 Å². The zero-order chi connectivity index (χ0) is 13.9. The summed E-state index contributed by atoms with van der Waals surface area (Å²) >= 11 is 0. The maximum absolute atomic E-state index is 12.3. The second-order valence-corrected chi connectivity index (χ2v) is 5.32. The minimum absolute atomic E-state index is 0.0922. The Balaban J connectivity index is 1.58. The van der Waals surface area contributed by atoms with Crippen LogP contribution in [0.2, 0.25) is 0 Å². The Bertz CT molecular complexity index is 470. The smallest absolute Gasteiger partial charge is 0.225 e. The molecule has 2 fully saturated rings. The number of amides is 1. The molecular weight excluding hydrogens is 260 g/mol. The van der Waals surface area contributed by atoms with Crippen LogP contribution in [0.4, 0.5) is 0 Å². The van der Waals surface area contributed by atoms with E-state index in [0.29, 0.717) is 31.9 Å². The van der Waals surface area contributed by atoms with Crippen LogP contribution in [0.1, 0.15) is 37.0 Å². The standard InChI is InChI=1S/C13H20N4O3/c1-9-14-13(16-15-9)11-8-17(4-6-20-11)12(18)7-10-3-2-5-19-10/h10-11H,2-8H2,1H3,(H,14,15,16)/t10-,11+/m1/s1. The van der Waals surface area contributed by atoms with Crippen LogP contribution in [0, 0.1) is 6.92 Å². The summed E-state index contributed by atoms with van der Waals surface area (Å²) in [7, 11) is 0. The molecule has 0 bridgehead atoms. The Morgan fingerprint density at radius 3 is 3.05 bits per heavy atom. The van der Waals surface area contributed by atoms with Crippen molar-refractivity contribution >= 4 is 5.91 Å². The van der Waals surface area contributed by atoms with Gasteiger partial charge in [-0.15, -0.1) is 0 Å². The second kappa shape index (κ2) is 5.88. The van der Waals surface area contributed by atoms with E-state index in [4.69, 9.17) is 9.47 Å². The first kappa shape index (κ1) is 13.5. The van der Waals surface area contributed by atoms with Gasteiger partial charge in [0, 0.05) is 13.2 Å². The van der Waals surface area contributed by atoms with Crippen LogP contribution in [-0.4, -0.2) is 58.4 Å².